The first-order chi connectivity index (χ1) is 13.9. The number of rotatable bonds is 8. The van der Waals surface area contributed by atoms with Crippen molar-refractivity contribution in [2.24, 2.45) is 5.92 Å². The average Bonchev–Trinajstić information content (AvgIpc) is 3.35. The van der Waals surface area contributed by atoms with Crippen molar-refractivity contribution in [3.05, 3.63) is 47.6 Å². The van der Waals surface area contributed by atoms with Crippen LogP contribution in [-0.4, -0.2) is 41.1 Å². The lowest BCUT2D eigenvalue weighted by molar-refractivity contribution is -0.156. The number of ketones is 1. The lowest BCUT2D eigenvalue weighted by Gasteiger charge is -2.19. The number of carbonyl (C=O) groups is 3. The van der Waals surface area contributed by atoms with Crippen LogP contribution in [-0.2, 0) is 28.6 Å². The van der Waals surface area contributed by atoms with Crippen molar-refractivity contribution >= 4 is 17.7 Å². The lowest BCUT2D eigenvalue weighted by atomic mass is 9.91. The quantitative estimate of drug-likeness (QED) is 0.148. The highest BCUT2D eigenvalue weighted by Crippen LogP contribution is 2.48. The first-order valence-corrected chi connectivity index (χ1v) is 10.3. The fraction of sp³-hybridized carbons (Fsp3) is 0.542. The third kappa shape index (κ3) is 5.36. The Balaban J connectivity index is 1.87. The van der Waals surface area contributed by atoms with Gasteiger partial charge in [0.25, 0.3) is 5.60 Å². The highest BCUT2D eigenvalue weighted by atomic mass is 16.7. The first kappa shape index (κ1) is 23.8. The summed E-state index contributed by atoms with van der Waals surface area (Å²) in [5, 5.41) is 0. The molecule has 0 amide bonds. The molecular formula is C24H32O6. The van der Waals surface area contributed by atoms with Gasteiger partial charge in [-0.15, -0.1) is 0 Å². The van der Waals surface area contributed by atoms with Crippen molar-refractivity contribution in [3.63, 3.8) is 0 Å². The molecule has 2 rings (SSSR count). The molecule has 6 heteroatoms. The van der Waals surface area contributed by atoms with E-state index >= 15 is 0 Å². The molecule has 1 unspecified atom stereocenters. The molecule has 0 aromatic heterocycles. The first-order valence-electron chi connectivity index (χ1n) is 10.3. The molecule has 0 radical (unpaired) electrons. The van der Waals surface area contributed by atoms with E-state index in [1.54, 1.807) is 39.0 Å². The summed E-state index contributed by atoms with van der Waals surface area (Å²) in [6, 6.07) is 0. The van der Waals surface area contributed by atoms with Crippen LogP contribution in [0.4, 0.5) is 0 Å². The predicted molar refractivity (Wildman–Crippen MR) is 114 cm³/mol. The van der Waals surface area contributed by atoms with E-state index in [4.69, 9.17) is 14.2 Å². The molecule has 0 bridgehead atoms. The molecule has 0 saturated carbocycles. The largest absolute Gasteiger partial charge is 0.457 e. The number of hydrogen-bond donors (Lipinski definition) is 0. The standard InChI is InChI=1S/C24H32O6/c1-8-18(21(26)30-23(5,6)7)14-15(2)12-10-9-11-13-16(3)19(25)24-20(29-24)17(4)28-22(24)27/h8,10-14,16-17,20H,9H2,1-7H3/t16?,17-,20-,24-/m0/s1. The van der Waals surface area contributed by atoms with Crippen molar-refractivity contribution < 1.29 is 28.6 Å². The monoisotopic (exact) mass is 416 g/mol. The number of fused-ring (bicyclic) bond motifs is 1. The van der Waals surface area contributed by atoms with Crippen molar-refractivity contribution in [1.82, 2.24) is 0 Å². The summed E-state index contributed by atoms with van der Waals surface area (Å²) in [6.45, 7) is 12.7. The number of ether oxygens (including phenoxy) is 3. The highest BCUT2D eigenvalue weighted by Gasteiger charge is 2.76. The zero-order valence-electron chi connectivity index (χ0n) is 18.9. The number of epoxide rings is 1. The predicted octanol–water partition coefficient (Wildman–Crippen LogP) is 4.01. The van der Waals surface area contributed by atoms with E-state index in [1.165, 1.54) is 0 Å². The molecule has 0 aromatic rings. The highest BCUT2D eigenvalue weighted by molar-refractivity contribution is 6.13. The van der Waals surface area contributed by atoms with Crippen LogP contribution in [0.15, 0.2) is 47.6 Å². The Hall–Kier alpha value is -2.47. The summed E-state index contributed by atoms with van der Waals surface area (Å²) in [7, 11) is 0. The summed E-state index contributed by atoms with van der Waals surface area (Å²) in [5.74, 6) is -1.63. The number of Topliss-reactive ketones (excluding diaryl/α,β-unsaturated/α-hetero) is 1. The van der Waals surface area contributed by atoms with E-state index in [2.05, 4.69) is 0 Å². The second-order valence-corrected chi connectivity index (χ2v) is 8.74. The summed E-state index contributed by atoms with van der Waals surface area (Å²) < 4.78 is 15.9. The van der Waals surface area contributed by atoms with Crippen molar-refractivity contribution in [2.45, 2.75) is 78.3 Å². The van der Waals surface area contributed by atoms with Crippen LogP contribution in [0.25, 0.3) is 0 Å². The molecule has 2 heterocycles. The normalized spacial score (nSPS) is 27.9. The van der Waals surface area contributed by atoms with Gasteiger partial charge in [0.05, 0.1) is 5.57 Å². The van der Waals surface area contributed by atoms with Crippen LogP contribution in [0.3, 0.4) is 0 Å². The third-order valence-electron chi connectivity index (χ3n) is 4.86. The van der Waals surface area contributed by atoms with Crippen LogP contribution >= 0.6 is 0 Å². The Morgan fingerprint density at radius 2 is 1.93 bits per heavy atom. The fourth-order valence-corrected chi connectivity index (χ4v) is 3.31. The van der Waals surface area contributed by atoms with Gasteiger partial charge in [0.2, 0.25) is 0 Å². The molecule has 0 aliphatic carbocycles. The van der Waals surface area contributed by atoms with E-state index in [-0.39, 0.29) is 17.9 Å². The van der Waals surface area contributed by atoms with Gasteiger partial charge < -0.3 is 14.2 Å². The van der Waals surface area contributed by atoms with E-state index in [9.17, 15) is 14.4 Å². The molecule has 2 aliphatic rings. The SMILES string of the molecule is CC=C(C=C(C)C=CCC=CC(C)C(=O)[C@]12O[C@H]1[C@H](C)OC2=O)C(=O)OC(C)(C)C. The third-order valence-corrected chi connectivity index (χ3v) is 4.86. The second-order valence-electron chi connectivity index (χ2n) is 8.74. The molecule has 6 nitrogen and oxygen atoms in total. The molecule has 2 saturated heterocycles. The number of cyclic esters (lactones) is 1. The molecule has 0 spiro atoms. The minimum atomic E-state index is -1.39. The smallest absolute Gasteiger partial charge is 0.349 e. The molecule has 2 aliphatic heterocycles. The number of carbonyl (C=O) groups excluding carboxylic acids is 3. The van der Waals surface area contributed by atoms with E-state index in [0.717, 1.165) is 5.57 Å². The average molecular weight is 417 g/mol. The van der Waals surface area contributed by atoms with Crippen LogP contribution < -0.4 is 0 Å². The van der Waals surface area contributed by atoms with Crippen LogP contribution in [0.2, 0.25) is 0 Å². The second kappa shape index (κ2) is 9.13. The van der Waals surface area contributed by atoms with Crippen LogP contribution in [0.1, 0.15) is 54.9 Å². The Labute approximate surface area is 178 Å². The maximum absolute atomic E-state index is 12.6. The van der Waals surface area contributed by atoms with Gasteiger partial charge in [-0.05, 0) is 54.0 Å². The van der Waals surface area contributed by atoms with Gasteiger partial charge in [-0.3, -0.25) is 4.79 Å². The zero-order chi connectivity index (χ0) is 22.7. The molecule has 30 heavy (non-hydrogen) atoms. The molecule has 2 fully saturated rings. The minimum absolute atomic E-state index is 0.256. The van der Waals surface area contributed by atoms with Crippen molar-refractivity contribution in [1.29, 1.82) is 0 Å². The fourth-order valence-electron chi connectivity index (χ4n) is 3.31. The van der Waals surface area contributed by atoms with Gasteiger partial charge in [0.15, 0.2) is 5.78 Å². The molecule has 4 atom stereocenters. The zero-order valence-corrected chi connectivity index (χ0v) is 18.9. The van der Waals surface area contributed by atoms with Crippen molar-refractivity contribution in [3.8, 4) is 0 Å². The number of allylic oxidation sites excluding steroid dienone is 6. The minimum Gasteiger partial charge on any atom is -0.457 e. The number of esters is 2. The van der Waals surface area contributed by atoms with E-state index < -0.39 is 29.2 Å². The van der Waals surface area contributed by atoms with E-state index in [0.29, 0.717) is 12.0 Å². The maximum atomic E-state index is 12.6. The number of hydrogen-bond acceptors (Lipinski definition) is 6. The lowest BCUT2D eigenvalue weighted by Crippen LogP contribution is -2.36. The van der Waals surface area contributed by atoms with Crippen molar-refractivity contribution in [2.75, 3.05) is 0 Å². The molecule has 164 valence electrons. The summed E-state index contributed by atoms with van der Waals surface area (Å²) in [5.41, 5.74) is -0.525. The Morgan fingerprint density at radius 3 is 2.43 bits per heavy atom. The summed E-state index contributed by atoms with van der Waals surface area (Å²) in [6.07, 6.45) is 10.8. The molecule has 0 N–H and O–H groups in total. The Morgan fingerprint density at radius 1 is 1.27 bits per heavy atom. The van der Waals surface area contributed by atoms with Crippen LogP contribution in [0, 0.1) is 5.92 Å². The summed E-state index contributed by atoms with van der Waals surface area (Å²) >= 11 is 0. The van der Waals surface area contributed by atoms with Gasteiger partial charge >= 0.3 is 11.9 Å². The Bertz CT molecular complexity index is 823. The van der Waals surface area contributed by atoms with Gasteiger partial charge in [-0.2, -0.15) is 0 Å². The van der Waals surface area contributed by atoms with E-state index in [1.807, 2.05) is 45.9 Å². The maximum Gasteiger partial charge on any atom is 0.349 e. The van der Waals surface area contributed by atoms with Gasteiger partial charge in [0.1, 0.15) is 17.8 Å². The van der Waals surface area contributed by atoms with Gasteiger partial charge in [-0.1, -0.05) is 42.9 Å². The van der Waals surface area contributed by atoms with Crippen LogP contribution in [0.5, 0.6) is 0 Å². The Kier molecular flexibility index (Phi) is 7.24. The topological polar surface area (TPSA) is 82.2 Å². The van der Waals surface area contributed by atoms with Gasteiger partial charge in [-0.25, -0.2) is 9.59 Å². The van der Waals surface area contributed by atoms with Gasteiger partial charge in [0, 0.05) is 5.92 Å². The molecule has 0 aromatic carbocycles. The summed E-state index contributed by atoms with van der Waals surface area (Å²) in [4.78, 5) is 36.7. The molecular weight excluding hydrogens is 384 g/mol.